The summed E-state index contributed by atoms with van der Waals surface area (Å²) in [6.45, 7) is 4.62. The number of hydrogen-bond donors (Lipinski definition) is 3. The van der Waals surface area contributed by atoms with Crippen LogP contribution in [-0.2, 0) is 12.8 Å². The lowest BCUT2D eigenvalue weighted by molar-refractivity contribution is 0.0935. The molecule has 26 heavy (non-hydrogen) atoms. The molecular weight excluding hydrogens is 463 g/mol. The molecule has 0 spiro atoms. The molecule has 1 aliphatic carbocycles. The minimum Gasteiger partial charge on any atom is -0.504 e. The van der Waals surface area contributed by atoms with Gasteiger partial charge in [-0.05, 0) is 78.0 Å². The van der Waals surface area contributed by atoms with Crippen LogP contribution in [0, 0.1) is 9.49 Å². The lowest BCUT2D eigenvalue weighted by atomic mass is 9.88. The highest BCUT2D eigenvalue weighted by Gasteiger charge is 2.33. The maximum atomic E-state index is 12.8. The number of rotatable bonds is 3. The molecule has 7 heteroatoms. The zero-order valence-corrected chi connectivity index (χ0v) is 17.7. The Morgan fingerprint density at radius 2 is 2.19 bits per heavy atom. The third kappa shape index (κ3) is 3.05. The molecule has 1 aromatic carbocycles. The smallest absolute Gasteiger partial charge is 0.256 e. The first kappa shape index (κ1) is 17.9. The second-order valence-electron chi connectivity index (χ2n) is 6.89. The summed E-state index contributed by atoms with van der Waals surface area (Å²) >= 11 is 3.79. The highest BCUT2D eigenvalue weighted by Crippen LogP contribution is 2.43. The summed E-state index contributed by atoms with van der Waals surface area (Å²) in [7, 11) is 0. The fraction of sp³-hybridized carbons (Fsp3) is 0.421. The third-order valence-corrected chi connectivity index (χ3v) is 6.98. The predicted octanol–water partition coefficient (Wildman–Crippen LogP) is 4.44. The normalized spacial score (nSPS) is 21.4. The van der Waals surface area contributed by atoms with Gasteiger partial charge in [-0.1, -0.05) is 6.92 Å². The van der Waals surface area contributed by atoms with Crippen LogP contribution in [0.4, 0.5) is 5.00 Å². The fourth-order valence-electron chi connectivity index (χ4n) is 3.66. The van der Waals surface area contributed by atoms with E-state index < -0.39 is 0 Å². The first-order valence-corrected chi connectivity index (χ1v) is 10.7. The standard InChI is InChI=1S/C19H21IN2O3S/c1-3-25-13-8-10(7-12(20)16(13)23)17-21-18(24)15-11-5-4-9(2)6-14(11)26-19(15)22-17/h7-9,17,22-23H,3-6H2,1-2H3,(H,21,24)/t9-,17-/m0/s1. The Morgan fingerprint density at radius 1 is 1.38 bits per heavy atom. The monoisotopic (exact) mass is 484 g/mol. The number of carbonyl (C=O) groups excluding carboxylic acids is 1. The Labute approximate surface area is 170 Å². The molecule has 2 atom stereocenters. The van der Waals surface area contributed by atoms with E-state index in [0.717, 1.165) is 35.4 Å². The quantitative estimate of drug-likeness (QED) is 0.564. The summed E-state index contributed by atoms with van der Waals surface area (Å²) in [6.07, 6.45) is 2.84. The number of hydrogen-bond acceptors (Lipinski definition) is 5. The molecule has 1 aliphatic heterocycles. The predicted molar refractivity (Wildman–Crippen MR) is 111 cm³/mol. The SMILES string of the molecule is CCOc1cc([C@H]2NC(=O)c3c(sc4c3CC[C@H](C)C4)N2)cc(I)c1O. The molecule has 2 heterocycles. The van der Waals surface area contributed by atoms with E-state index in [2.05, 4.69) is 40.1 Å². The van der Waals surface area contributed by atoms with Crippen LogP contribution in [0.1, 0.15) is 52.8 Å². The molecule has 2 aromatic rings. The summed E-state index contributed by atoms with van der Waals surface area (Å²) in [5.74, 6) is 1.24. The molecule has 2 aliphatic rings. The number of thiophene rings is 1. The molecule has 1 aromatic heterocycles. The van der Waals surface area contributed by atoms with Crippen molar-refractivity contribution in [3.8, 4) is 11.5 Å². The van der Waals surface area contributed by atoms with Gasteiger partial charge >= 0.3 is 0 Å². The molecule has 0 saturated carbocycles. The summed E-state index contributed by atoms with van der Waals surface area (Å²) < 4.78 is 6.23. The van der Waals surface area contributed by atoms with Crippen LogP contribution >= 0.6 is 33.9 Å². The Morgan fingerprint density at radius 3 is 2.96 bits per heavy atom. The van der Waals surface area contributed by atoms with Crippen LogP contribution in [0.5, 0.6) is 11.5 Å². The Kier molecular flexibility index (Phi) is 4.77. The van der Waals surface area contributed by atoms with Crippen molar-refractivity contribution in [1.29, 1.82) is 0 Å². The zero-order chi connectivity index (χ0) is 18.4. The van der Waals surface area contributed by atoms with Crippen LogP contribution in [0.2, 0.25) is 0 Å². The molecule has 0 unspecified atom stereocenters. The van der Waals surface area contributed by atoms with Crippen molar-refractivity contribution in [2.45, 2.75) is 39.3 Å². The van der Waals surface area contributed by atoms with Gasteiger partial charge in [0.15, 0.2) is 11.5 Å². The molecule has 4 rings (SSSR count). The van der Waals surface area contributed by atoms with Crippen molar-refractivity contribution in [3.63, 3.8) is 0 Å². The number of halogens is 1. The Bertz CT molecular complexity index is 880. The van der Waals surface area contributed by atoms with Gasteiger partial charge < -0.3 is 20.5 Å². The van der Waals surface area contributed by atoms with Crippen LogP contribution in [0.15, 0.2) is 12.1 Å². The first-order valence-electron chi connectivity index (χ1n) is 8.85. The van der Waals surface area contributed by atoms with E-state index in [0.29, 0.717) is 21.8 Å². The van der Waals surface area contributed by atoms with Crippen LogP contribution in [0.3, 0.4) is 0 Å². The van der Waals surface area contributed by atoms with Crippen molar-refractivity contribution in [3.05, 3.63) is 37.3 Å². The van der Waals surface area contributed by atoms with Crippen molar-refractivity contribution >= 4 is 44.8 Å². The highest BCUT2D eigenvalue weighted by atomic mass is 127. The average molecular weight is 484 g/mol. The lowest BCUT2D eigenvalue weighted by Crippen LogP contribution is -2.38. The van der Waals surface area contributed by atoms with E-state index in [-0.39, 0.29) is 17.8 Å². The van der Waals surface area contributed by atoms with Gasteiger partial charge in [0.2, 0.25) is 0 Å². The summed E-state index contributed by atoms with van der Waals surface area (Å²) in [6, 6.07) is 3.66. The second-order valence-corrected chi connectivity index (χ2v) is 9.16. The summed E-state index contributed by atoms with van der Waals surface area (Å²) in [4.78, 5) is 14.2. The van der Waals surface area contributed by atoms with Gasteiger partial charge in [-0.25, -0.2) is 0 Å². The molecule has 138 valence electrons. The van der Waals surface area contributed by atoms with E-state index in [4.69, 9.17) is 4.74 Å². The minimum absolute atomic E-state index is 0.0168. The summed E-state index contributed by atoms with van der Waals surface area (Å²) in [5.41, 5.74) is 2.92. The van der Waals surface area contributed by atoms with Gasteiger partial charge in [0, 0.05) is 4.88 Å². The van der Waals surface area contributed by atoms with E-state index in [9.17, 15) is 9.90 Å². The summed E-state index contributed by atoms with van der Waals surface area (Å²) in [5, 5.41) is 17.7. The van der Waals surface area contributed by atoms with Gasteiger partial charge in [0.25, 0.3) is 5.91 Å². The number of carbonyl (C=O) groups is 1. The topological polar surface area (TPSA) is 70.6 Å². The number of fused-ring (bicyclic) bond motifs is 3. The van der Waals surface area contributed by atoms with Crippen molar-refractivity contribution in [1.82, 2.24) is 5.32 Å². The molecule has 3 N–H and O–H groups in total. The van der Waals surface area contributed by atoms with Crippen molar-refractivity contribution in [2.75, 3.05) is 11.9 Å². The molecule has 0 radical (unpaired) electrons. The lowest BCUT2D eigenvalue weighted by Gasteiger charge is -2.27. The van der Waals surface area contributed by atoms with Crippen LogP contribution < -0.4 is 15.4 Å². The number of ether oxygens (including phenoxy) is 1. The van der Waals surface area contributed by atoms with Gasteiger partial charge in [0.1, 0.15) is 11.2 Å². The molecule has 0 saturated heterocycles. The van der Waals surface area contributed by atoms with E-state index >= 15 is 0 Å². The van der Waals surface area contributed by atoms with Crippen LogP contribution in [0.25, 0.3) is 0 Å². The fourth-order valence-corrected chi connectivity index (χ4v) is 5.72. The zero-order valence-electron chi connectivity index (χ0n) is 14.7. The Balaban J connectivity index is 1.69. The largest absolute Gasteiger partial charge is 0.504 e. The van der Waals surface area contributed by atoms with Gasteiger partial charge in [-0.3, -0.25) is 4.79 Å². The number of anilines is 1. The minimum atomic E-state index is -0.333. The van der Waals surface area contributed by atoms with Crippen molar-refractivity contribution < 1.29 is 14.6 Å². The Hall–Kier alpha value is -1.48. The maximum Gasteiger partial charge on any atom is 0.256 e. The number of amides is 1. The molecule has 5 nitrogen and oxygen atoms in total. The van der Waals surface area contributed by atoms with E-state index in [1.165, 1.54) is 10.4 Å². The van der Waals surface area contributed by atoms with Crippen LogP contribution in [-0.4, -0.2) is 17.6 Å². The number of nitrogens with one attached hydrogen (secondary N) is 2. The first-order chi connectivity index (χ1) is 12.5. The molecule has 0 bridgehead atoms. The number of phenolic OH excluding ortho intramolecular Hbond substituents is 1. The highest BCUT2D eigenvalue weighted by molar-refractivity contribution is 14.1. The molecule has 1 amide bonds. The van der Waals surface area contributed by atoms with Gasteiger partial charge in [-0.15, -0.1) is 11.3 Å². The molecular formula is C19H21IN2O3S. The van der Waals surface area contributed by atoms with Gasteiger partial charge in [0.05, 0.1) is 15.7 Å². The third-order valence-electron chi connectivity index (χ3n) is 4.97. The van der Waals surface area contributed by atoms with Crippen molar-refractivity contribution in [2.24, 2.45) is 5.92 Å². The number of phenols is 1. The number of benzene rings is 1. The second kappa shape index (κ2) is 6.92. The maximum absolute atomic E-state index is 12.8. The number of aromatic hydroxyl groups is 1. The average Bonchev–Trinajstić information content (AvgIpc) is 2.96. The van der Waals surface area contributed by atoms with E-state index in [1.54, 1.807) is 17.4 Å². The van der Waals surface area contributed by atoms with Gasteiger partial charge in [-0.2, -0.15) is 0 Å². The molecule has 0 fully saturated rings. The van der Waals surface area contributed by atoms with E-state index in [1.807, 2.05) is 13.0 Å².